The topological polar surface area (TPSA) is 44.1 Å². The van der Waals surface area contributed by atoms with Gasteiger partial charge in [-0.05, 0) is 24.3 Å². The maximum absolute atomic E-state index is 11.7. The highest BCUT2D eigenvalue weighted by molar-refractivity contribution is 6.83. The highest BCUT2D eigenvalue weighted by Crippen LogP contribution is 2.16. The molecule has 1 aromatic carbocycles. The monoisotopic (exact) mass is 298 g/mol. The Morgan fingerprint density at radius 1 is 1.33 bits per heavy atom. The summed E-state index contributed by atoms with van der Waals surface area (Å²) in [5.41, 5.74) is 5.46. The third kappa shape index (κ3) is 3.83. The number of carbonyl (C=O) groups excluding carboxylic acids is 1. The van der Waals surface area contributed by atoms with Gasteiger partial charge in [-0.2, -0.15) is 5.10 Å². The zero-order chi connectivity index (χ0) is 15.5. The predicted molar refractivity (Wildman–Crippen MR) is 85.1 cm³/mol. The van der Waals surface area contributed by atoms with E-state index in [-0.39, 0.29) is 5.97 Å². The molecule has 5 heteroatoms. The molecule has 0 amide bonds. The highest BCUT2D eigenvalue weighted by Gasteiger charge is 2.12. The van der Waals surface area contributed by atoms with Gasteiger partial charge in [0.05, 0.1) is 23.9 Å². The van der Waals surface area contributed by atoms with Crippen molar-refractivity contribution in [1.82, 2.24) is 9.78 Å². The zero-order valence-corrected chi connectivity index (χ0v) is 13.7. The maximum atomic E-state index is 11.7. The number of hydrogen-bond acceptors (Lipinski definition) is 3. The molecule has 2 aromatic rings. The van der Waals surface area contributed by atoms with Gasteiger partial charge in [0.1, 0.15) is 8.07 Å². The molecule has 1 heterocycles. The van der Waals surface area contributed by atoms with Crippen molar-refractivity contribution >= 4 is 14.0 Å². The number of esters is 1. The van der Waals surface area contributed by atoms with Crippen LogP contribution >= 0.6 is 0 Å². The van der Waals surface area contributed by atoms with Gasteiger partial charge in [0.25, 0.3) is 0 Å². The van der Waals surface area contributed by atoms with Crippen LogP contribution in [0.1, 0.15) is 15.9 Å². The standard InChI is InChI=1S/C16H18N2O2Si/c1-20-16(19)14-6-7-15(18-10-5-9-17-18)13(12-14)8-11-21(2,3)4/h5-7,9-10,12H,1-4H3. The van der Waals surface area contributed by atoms with E-state index in [1.54, 1.807) is 23.0 Å². The minimum atomic E-state index is -1.51. The molecule has 21 heavy (non-hydrogen) atoms. The lowest BCUT2D eigenvalue weighted by molar-refractivity contribution is 0.0600. The maximum Gasteiger partial charge on any atom is 0.337 e. The van der Waals surface area contributed by atoms with E-state index >= 15 is 0 Å². The van der Waals surface area contributed by atoms with Crippen LogP contribution in [-0.4, -0.2) is 30.9 Å². The molecule has 0 unspecified atom stereocenters. The van der Waals surface area contributed by atoms with E-state index in [1.807, 2.05) is 18.3 Å². The molecule has 4 nitrogen and oxygen atoms in total. The van der Waals surface area contributed by atoms with Crippen LogP contribution < -0.4 is 0 Å². The van der Waals surface area contributed by atoms with Crippen molar-refractivity contribution in [2.45, 2.75) is 19.6 Å². The SMILES string of the molecule is COC(=O)c1ccc(-n2cccn2)c(C#C[Si](C)(C)C)c1. The third-order valence-corrected chi connectivity index (χ3v) is 3.62. The molecular weight excluding hydrogens is 280 g/mol. The summed E-state index contributed by atoms with van der Waals surface area (Å²) in [5.74, 6) is 2.84. The highest BCUT2D eigenvalue weighted by atomic mass is 28.3. The Hall–Kier alpha value is -2.32. The summed E-state index contributed by atoms with van der Waals surface area (Å²) >= 11 is 0. The molecule has 0 saturated heterocycles. The first-order chi connectivity index (χ1) is 9.90. The minimum absolute atomic E-state index is 0.363. The fourth-order valence-electron chi connectivity index (χ4n) is 1.75. The first-order valence-corrected chi connectivity index (χ1v) is 10.2. The third-order valence-electron chi connectivity index (χ3n) is 2.74. The van der Waals surface area contributed by atoms with Crippen molar-refractivity contribution in [1.29, 1.82) is 0 Å². The van der Waals surface area contributed by atoms with Crippen LogP contribution in [0, 0.1) is 11.5 Å². The smallest absolute Gasteiger partial charge is 0.337 e. The Balaban J connectivity index is 2.55. The molecule has 0 aliphatic heterocycles. The second-order valence-corrected chi connectivity index (χ2v) is 10.4. The Labute approximate surface area is 125 Å². The molecular formula is C16H18N2O2Si. The molecule has 1 aromatic heterocycles. The molecule has 0 aliphatic rings. The van der Waals surface area contributed by atoms with Gasteiger partial charge in [0.2, 0.25) is 0 Å². The number of nitrogens with zero attached hydrogens (tertiary/aromatic N) is 2. The minimum Gasteiger partial charge on any atom is -0.465 e. The molecule has 0 fully saturated rings. The van der Waals surface area contributed by atoms with E-state index in [0.717, 1.165) is 11.3 Å². The molecule has 0 N–H and O–H groups in total. The Kier molecular flexibility index (Phi) is 4.29. The summed E-state index contributed by atoms with van der Waals surface area (Å²) in [6.07, 6.45) is 3.57. The van der Waals surface area contributed by atoms with Gasteiger partial charge >= 0.3 is 5.97 Å². The van der Waals surface area contributed by atoms with Gasteiger partial charge in [-0.3, -0.25) is 0 Å². The van der Waals surface area contributed by atoms with Gasteiger partial charge in [0, 0.05) is 12.4 Å². The molecule has 0 atom stereocenters. The number of methoxy groups -OCH3 is 1. The molecule has 0 bridgehead atoms. The van der Waals surface area contributed by atoms with Crippen LogP contribution in [0.4, 0.5) is 0 Å². The summed E-state index contributed by atoms with van der Waals surface area (Å²) in [4.78, 5) is 11.7. The normalized spacial score (nSPS) is 10.7. The summed E-state index contributed by atoms with van der Waals surface area (Å²) in [5, 5.41) is 4.23. The Morgan fingerprint density at radius 2 is 2.10 bits per heavy atom. The van der Waals surface area contributed by atoms with E-state index in [4.69, 9.17) is 4.74 Å². The van der Waals surface area contributed by atoms with Crippen molar-refractivity contribution in [3.05, 3.63) is 47.8 Å². The number of aromatic nitrogens is 2. The summed E-state index contributed by atoms with van der Waals surface area (Å²) < 4.78 is 6.51. The molecule has 0 spiro atoms. The van der Waals surface area contributed by atoms with Crippen LogP contribution in [0.15, 0.2) is 36.7 Å². The Morgan fingerprint density at radius 3 is 2.67 bits per heavy atom. The first-order valence-electron chi connectivity index (χ1n) is 6.66. The lowest BCUT2D eigenvalue weighted by atomic mass is 10.1. The van der Waals surface area contributed by atoms with Crippen molar-refractivity contribution < 1.29 is 9.53 Å². The number of hydrogen-bond donors (Lipinski definition) is 0. The zero-order valence-electron chi connectivity index (χ0n) is 12.7. The molecule has 108 valence electrons. The van der Waals surface area contributed by atoms with Crippen LogP contribution in [0.3, 0.4) is 0 Å². The predicted octanol–water partition coefficient (Wildman–Crippen LogP) is 2.89. The average molecular weight is 298 g/mol. The fourth-order valence-corrected chi connectivity index (χ4v) is 2.26. The van der Waals surface area contributed by atoms with E-state index in [0.29, 0.717) is 5.56 Å². The van der Waals surface area contributed by atoms with E-state index in [1.165, 1.54) is 7.11 Å². The molecule has 0 radical (unpaired) electrons. The van der Waals surface area contributed by atoms with Crippen molar-refractivity contribution in [3.63, 3.8) is 0 Å². The van der Waals surface area contributed by atoms with Crippen LogP contribution in [0.25, 0.3) is 5.69 Å². The van der Waals surface area contributed by atoms with Crippen molar-refractivity contribution in [3.8, 4) is 17.2 Å². The second-order valence-electron chi connectivity index (χ2n) is 5.67. The van der Waals surface area contributed by atoms with Gasteiger partial charge in [-0.1, -0.05) is 25.6 Å². The van der Waals surface area contributed by atoms with Gasteiger partial charge in [-0.15, -0.1) is 5.54 Å². The largest absolute Gasteiger partial charge is 0.465 e. The number of rotatable bonds is 2. The number of ether oxygens (including phenoxy) is 1. The molecule has 0 saturated carbocycles. The van der Waals surface area contributed by atoms with E-state index in [9.17, 15) is 4.79 Å². The van der Waals surface area contributed by atoms with Gasteiger partial charge in [0.15, 0.2) is 0 Å². The molecule has 0 aliphatic carbocycles. The quantitative estimate of drug-likeness (QED) is 0.486. The van der Waals surface area contributed by atoms with Crippen LogP contribution in [0.2, 0.25) is 19.6 Å². The van der Waals surface area contributed by atoms with Crippen LogP contribution in [-0.2, 0) is 4.74 Å². The van der Waals surface area contributed by atoms with Gasteiger partial charge < -0.3 is 4.74 Å². The fraction of sp³-hybridized carbons (Fsp3) is 0.250. The lowest BCUT2D eigenvalue weighted by Crippen LogP contribution is -2.16. The van der Waals surface area contributed by atoms with E-state index < -0.39 is 8.07 Å². The second kappa shape index (κ2) is 5.98. The average Bonchev–Trinajstić information content (AvgIpc) is 2.97. The van der Waals surface area contributed by atoms with Crippen molar-refractivity contribution in [2.24, 2.45) is 0 Å². The first kappa shape index (κ1) is 15.1. The Bertz CT molecular complexity index is 704. The van der Waals surface area contributed by atoms with Crippen molar-refractivity contribution in [2.75, 3.05) is 7.11 Å². The number of benzene rings is 1. The number of carbonyl (C=O) groups is 1. The van der Waals surface area contributed by atoms with Gasteiger partial charge in [-0.25, -0.2) is 9.48 Å². The molecule has 2 rings (SSSR count). The summed E-state index contributed by atoms with van der Waals surface area (Å²) in [6, 6.07) is 7.18. The summed E-state index contributed by atoms with van der Waals surface area (Å²) in [7, 11) is -0.135. The van der Waals surface area contributed by atoms with Crippen LogP contribution in [0.5, 0.6) is 0 Å². The lowest BCUT2D eigenvalue weighted by Gasteiger charge is -2.08. The summed E-state index contributed by atoms with van der Waals surface area (Å²) in [6.45, 7) is 6.53. The van der Waals surface area contributed by atoms with E-state index in [2.05, 4.69) is 36.2 Å².